The smallest absolute Gasteiger partial charge is 0.248 e. The lowest BCUT2D eigenvalue weighted by Gasteiger charge is -2.49. The molecule has 4 rings (SSSR count). The average Bonchev–Trinajstić information content (AvgIpc) is 2.70. The Morgan fingerprint density at radius 1 is 1.19 bits per heavy atom. The zero-order chi connectivity index (χ0) is 23.2. The Bertz CT molecular complexity index is 965. The minimum Gasteiger partial charge on any atom is -0.393 e. The molecule has 2 fully saturated rings. The molecule has 4 N–H and O–H groups in total. The summed E-state index contributed by atoms with van der Waals surface area (Å²) >= 11 is 6.10. The number of hydrogen-bond acceptors (Lipinski definition) is 7. The number of anilines is 3. The van der Waals surface area contributed by atoms with E-state index in [4.69, 9.17) is 23.2 Å². The zero-order valence-corrected chi connectivity index (χ0v) is 18.7. The van der Waals surface area contributed by atoms with Crippen LogP contribution in [0, 0.1) is 11.7 Å². The summed E-state index contributed by atoms with van der Waals surface area (Å²) in [4.78, 5) is 12.6. The monoisotopic (exact) mass is 469 g/mol. The minimum absolute atomic E-state index is 0.0310. The third-order valence-corrected chi connectivity index (χ3v) is 6.49. The molecule has 2 aliphatic rings. The number of nitrogens with zero attached hydrogens (tertiary/aromatic N) is 5. The van der Waals surface area contributed by atoms with E-state index in [-0.39, 0.29) is 41.9 Å². The molecule has 1 saturated carbocycles. The first-order valence-electron chi connectivity index (χ1n) is 10.5. The second kappa shape index (κ2) is 8.57. The molecule has 2 heterocycles. The van der Waals surface area contributed by atoms with E-state index >= 15 is 0 Å². The summed E-state index contributed by atoms with van der Waals surface area (Å²) < 4.78 is 40.9. The number of hydrogen-bond donors (Lipinski definition) is 2. The second-order valence-corrected chi connectivity index (χ2v) is 9.06. The van der Waals surface area contributed by atoms with E-state index < -0.39 is 5.92 Å². The van der Waals surface area contributed by atoms with Gasteiger partial charge in [0.25, 0.3) is 0 Å². The first-order valence-corrected chi connectivity index (χ1v) is 10.9. The molecule has 11 heteroatoms. The fraction of sp³-hybridized carbons (Fsp3) is 0.524. The van der Waals surface area contributed by atoms with Crippen LogP contribution in [0.4, 0.5) is 30.5 Å². The second-order valence-electron chi connectivity index (χ2n) is 8.72. The van der Waals surface area contributed by atoms with Crippen molar-refractivity contribution in [3.05, 3.63) is 40.9 Å². The normalized spacial score (nSPS) is 22.5. The highest BCUT2D eigenvalue weighted by Crippen LogP contribution is 2.50. The number of piperazine rings is 1. The van der Waals surface area contributed by atoms with Crippen LogP contribution in [0.15, 0.2) is 24.3 Å². The third kappa shape index (κ3) is 4.44. The van der Waals surface area contributed by atoms with Gasteiger partial charge in [-0.3, -0.25) is 9.91 Å². The molecule has 7 nitrogen and oxygen atoms in total. The third-order valence-electron chi connectivity index (χ3n) is 6.32. The Balaban J connectivity index is 1.58. The Morgan fingerprint density at radius 3 is 2.41 bits per heavy atom. The van der Waals surface area contributed by atoms with E-state index in [9.17, 15) is 13.2 Å². The predicted molar refractivity (Wildman–Crippen MR) is 119 cm³/mol. The minimum atomic E-state index is -2.63. The lowest BCUT2D eigenvalue weighted by molar-refractivity contribution is -0.133. The van der Waals surface area contributed by atoms with Gasteiger partial charge in [-0.25, -0.2) is 19.0 Å². The van der Waals surface area contributed by atoms with Crippen molar-refractivity contribution < 1.29 is 13.2 Å². The summed E-state index contributed by atoms with van der Waals surface area (Å²) in [5.74, 6) is 3.48. The van der Waals surface area contributed by atoms with Crippen molar-refractivity contribution >= 4 is 28.9 Å². The Kier molecular flexibility index (Phi) is 6.12. The molecule has 1 aromatic heterocycles. The van der Waals surface area contributed by atoms with E-state index in [0.717, 1.165) is 5.56 Å². The number of hydrazine groups is 1. The standard InChI is InChI=1S/C21H27ClF3N7/c1-12-11-31(7-8-32(12)19-16(26)18(30(2)27)28-20(22)29-19)17(14-9-21(24,25)10-14)13-3-5-15(23)6-4-13/h3-6,12,14,17H,7-11,26-27H2,1-2H3. The molecule has 0 amide bonds. The molecule has 32 heavy (non-hydrogen) atoms. The van der Waals surface area contributed by atoms with Gasteiger partial charge in [0.05, 0.1) is 0 Å². The Morgan fingerprint density at radius 2 is 1.84 bits per heavy atom. The number of halogens is 4. The van der Waals surface area contributed by atoms with Gasteiger partial charge >= 0.3 is 0 Å². The topological polar surface area (TPSA) is 87.5 Å². The van der Waals surface area contributed by atoms with Crippen molar-refractivity contribution in [2.75, 3.05) is 42.3 Å². The summed E-state index contributed by atoms with van der Waals surface area (Å²) in [6, 6.07) is 5.91. The molecule has 1 saturated heterocycles. The number of benzene rings is 1. The maximum Gasteiger partial charge on any atom is 0.248 e. The molecule has 1 aromatic carbocycles. The molecule has 174 valence electrons. The molecule has 1 aliphatic carbocycles. The summed E-state index contributed by atoms with van der Waals surface area (Å²) in [5, 5.41) is 1.33. The van der Waals surface area contributed by atoms with Gasteiger partial charge in [-0.05, 0) is 42.1 Å². The zero-order valence-electron chi connectivity index (χ0n) is 18.0. The van der Waals surface area contributed by atoms with Crippen molar-refractivity contribution in [1.29, 1.82) is 0 Å². The summed E-state index contributed by atoms with van der Waals surface area (Å²) in [5.41, 5.74) is 7.45. The van der Waals surface area contributed by atoms with Crippen LogP contribution in [0.2, 0.25) is 5.28 Å². The van der Waals surface area contributed by atoms with Crippen LogP contribution in [0.5, 0.6) is 0 Å². The van der Waals surface area contributed by atoms with E-state index in [1.807, 2.05) is 11.8 Å². The summed E-state index contributed by atoms with van der Waals surface area (Å²) in [6.45, 7) is 3.78. The van der Waals surface area contributed by atoms with Crippen LogP contribution < -0.4 is 21.5 Å². The maximum absolute atomic E-state index is 13.7. The van der Waals surface area contributed by atoms with Crippen molar-refractivity contribution in [2.45, 2.75) is 37.8 Å². The summed E-state index contributed by atoms with van der Waals surface area (Å²) in [7, 11) is 1.61. The van der Waals surface area contributed by atoms with Crippen LogP contribution in [0.3, 0.4) is 0 Å². The fourth-order valence-corrected chi connectivity index (χ4v) is 4.99. The van der Waals surface area contributed by atoms with Gasteiger partial charge in [0.1, 0.15) is 11.5 Å². The van der Waals surface area contributed by atoms with E-state index in [0.29, 0.717) is 37.0 Å². The molecule has 2 atom stereocenters. The van der Waals surface area contributed by atoms with Gasteiger partial charge in [-0.15, -0.1) is 0 Å². The lowest BCUT2D eigenvalue weighted by atomic mass is 9.73. The number of alkyl halides is 2. The van der Waals surface area contributed by atoms with Gasteiger partial charge in [0.2, 0.25) is 11.2 Å². The quantitative estimate of drug-likeness (QED) is 0.394. The van der Waals surface area contributed by atoms with Gasteiger partial charge in [-0.1, -0.05) is 12.1 Å². The van der Waals surface area contributed by atoms with Crippen LogP contribution in [-0.4, -0.2) is 53.5 Å². The Labute approximate surface area is 190 Å². The van der Waals surface area contributed by atoms with E-state index in [1.54, 1.807) is 19.2 Å². The van der Waals surface area contributed by atoms with Gasteiger partial charge in [-0.2, -0.15) is 9.97 Å². The first-order chi connectivity index (χ1) is 15.1. The van der Waals surface area contributed by atoms with Crippen LogP contribution in [0.25, 0.3) is 0 Å². The largest absolute Gasteiger partial charge is 0.393 e. The van der Waals surface area contributed by atoms with E-state index in [1.165, 1.54) is 17.1 Å². The number of rotatable bonds is 5. The lowest BCUT2D eigenvalue weighted by Crippen LogP contribution is -2.56. The molecular weight excluding hydrogens is 443 g/mol. The fourth-order valence-electron chi connectivity index (χ4n) is 4.83. The molecule has 2 unspecified atom stereocenters. The highest BCUT2D eigenvalue weighted by molar-refractivity contribution is 6.28. The van der Waals surface area contributed by atoms with Crippen molar-refractivity contribution in [1.82, 2.24) is 14.9 Å². The molecule has 0 spiro atoms. The molecule has 0 bridgehead atoms. The molecule has 0 radical (unpaired) electrons. The van der Waals surface area contributed by atoms with Crippen LogP contribution >= 0.6 is 11.6 Å². The molecule has 2 aromatic rings. The molecule has 1 aliphatic heterocycles. The molecular formula is C21H27ClF3N7. The van der Waals surface area contributed by atoms with Crippen molar-refractivity contribution in [3.8, 4) is 0 Å². The highest BCUT2D eigenvalue weighted by atomic mass is 35.5. The van der Waals surface area contributed by atoms with E-state index in [2.05, 4.69) is 14.9 Å². The highest BCUT2D eigenvalue weighted by Gasteiger charge is 2.50. The van der Waals surface area contributed by atoms with Crippen molar-refractivity contribution in [2.24, 2.45) is 11.8 Å². The number of nitrogens with two attached hydrogens (primary N) is 2. The van der Waals surface area contributed by atoms with Crippen LogP contribution in [0.1, 0.15) is 31.4 Å². The van der Waals surface area contributed by atoms with Gasteiger partial charge < -0.3 is 10.6 Å². The average molecular weight is 470 g/mol. The van der Waals surface area contributed by atoms with Crippen molar-refractivity contribution in [3.63, 3.8) is 0 Å². The van der Waals surface area contributed by atoms with Gasteiger partial charge in [0, 0.05) is 51.6 Å². The van der Waals surface area contributed by atoms with Gasteiger partial charge in [0.15, 0.2) is 11.6 Å². The predicted octanol–water partition coefficient (Wildman–Crippen LogP) is 3.46. The number of nitrogen functional groups attached to an aromatic ring is 1. The SMILES string of the molecule is CC1CN(C(c2ccc(F)cc2)C2CC(F)(F)C2)CCN1c1nc(Cl)nc(N(C)N)c1N. The van der Waals surface area contributed by atoms with Crippen LogP contribution in [-0.2, 0) is 0 Å². The number of aromatic nitrogens is 2. The first kappa shape index (κ1) is 22.9. The summed E-state index contributed by atoms with van der Waals surface area (Å²) in [6.07, 6.45) is -0.325. The maximum atomic E-state index is 13.7. The Hall–Kier alpha value is -2.30.